The summed E-state index contributed by atoms with van der Waals surface area (Å²) in [5, 5.41) is 3.16. The van der Waals surface area contributed by atoms with Crippen LogP contribution in [0, 0.1) is 0 Å². The summed E-state index contributed by atoms with van der Waals surface area (Å²) >= 11 is 6.22. The van der Waals surface area contributed by atoms with Crippen molar-refractivity contribution in [3.8, 4) is 5.75 Å². The largest absolute Gasteiger partial charge is 0.482 e. The van der Waals surface area contributed by atoms with Gasteiger partial charge in [0.1, 0.15) is 5.75 Å². The molecule has 1 aromatic carbocycles. The minimum atomic E-state index is -3.55. The molecular weight excluding hydrogens is 402 g/mol. The lowest BCUT2D eigenvalue weighted by atomic mass is 10.1. The second-order valence-corrected chi connectivity index (χ2v) is 9.84. The van der Waals surface area contributed by atoms with Gasteiger partial charge in [-0.15, -0.1) is 0 Å². The molecule has 1 amide bonds. The normalized spacial score (nSPS) is 20.1. The van der Waals surface area contributed by atoms with E-state index >= 15 is 0 Å². The van der Waals surface area contributed by atoms with Crippen molar-refractivity contribution in [2.24, 2.45) is 0 Å². The zero-order valence-corrected chi connectivity index (χ0v) is 17.8. The van der Waals surface area contributed by atoms with Gasteiger partial charge in [0.25, 0.3) is 5.91 Å². The maximum atomic E-state index is 12.7. The standard InChI is InChI=1S/C19H28ClN3O4S/c1-22-11-7-15(8-12-22)21-19(24)14-27-18-6-5-16(13-17(18)20)28(25,26)23-9-3-2-4-10-23/h5-6,13,15H,2-4,7-12,14H2,1H3,(H,21,24). The third kappa shape index (κ3) is 5.37. The first-order valence-electron chi connectivity index (χ1n) is 9.76. The highest BCUT2D eigenvalue weighted by Crippen LogP contribution is 2.29. The van der Waals surface area contributed by atoms with Gasteiger partial charge in [-0.05, 0) is 64.0 Å². The first kappa shape index (κ1) is 21.4. The van der Waals surface area contributed by atoms with Crippen LogP contribution in [0.3, 0.4) is 0 Å². The van der Waals surface area contributed by atoms with Crippen LogP contribution < -0.4 is 10.1 Å². The maximum Gasteiger partial charge on any atom is 0.258 e. The summed E-state index contributed by atoms with van der Waals surface area (Å²) in [5.74, 6) is 0.105. The van der Waals surface area contributed by atoms with Crippen molar-refractivity contribution >= 4 is 27.5 Å². The summed E-state index contributed by atoms with van der Waals surface area (Å²) < 4.78 is 32.4. The summed E-state index contributed by atoms with van der Waals surface area (Å²) in [6.45, 7) is 2.85. The molecule has 0 saturated carbocycles. The van der Waals surface area contributed by atoms with E-state index in [-0.39, 0.29) is 28.5 Å². The van der Waals surface area contributed by atoms with Gasteiger partial charge in [-0.1, -0.05) is 18.0 Å². The number of sulfonamides is 1. The molecule has 2 saturated heterocycles. The first-order valence-corrected chi connectivity index (χ1v) is 11.6. The fraction of sp³-hybridized carbons (Fsp3) is 0.632. The van der Waals surface area contributed by atoms with Crippen LogP contribution in [0.1, 0.15) is 32.1 Å². The predicted molar refractivity (Wildman–Crippen MR) is 108 cm³/mol. The number of ether oxygens (including phenoxy) is 1. The molecule has 0 atom stereocenters. The van der Waals surface area contributed by atoms with E-state index in [1.165, 1.54) is 22.5 Å². The van der Waals surface area contributed by atoms with E-state index < -0.39 is 10.0 Å². The van der Waals surface area contributed by atoms with Crippen LogP contribution in [-0.4, -0.2) is 69.4 Å². The van der Waals surface area contributed by atoms with Gasteiger partial charge in [0.2, 0.25) is 10.0 Å². The van der Waals surface area contributed by atoms with Gasteiger partial charge < -0.3 is 15.0 Å². The Kier molecular flexibility index (Phi) is 7.20. The van der Waals surface area contributed by atoms with E-state index in [9.17, 15) is 13.2 Å². The molecule has 0 aliphatic carbocycles. The summed E-state index contributed by atoms with van der Waals surface area (Å²) in [7, 11) is -1.48. The Hall–Kier alpha value is -1.35. The molecule has 2 fully saturated rings. The van der Waals surface area contributed by atoms with Crippen LogP contribution in [0.15, 0.2) is 23.1 Å². The summed E-state index contributed by atoms with van der Waals surface area (Å²) in [5.41, 5.74) is 0. The molecule has 3 rings (SSSR count). The van der Waals surface area contributed by atoms with Crippen LogP contribution in [0.5, 0.6) is 5.75 Å². The van der Waals surface area contributed by atoms with Gasteiger partial charge in [-0.3, -0.25) is 4.79 Å². The fourth-order valence-electron chi connectivity index (χ4n) is 3.58. The molecule has 1 aromatic rings. The first-order chi connectivity index (χ1) is 13.4. The van der Waals surface area contributed by atoms with Crippen molar-refractivity contribution in [3.05, 3.63) is 23.2 Å². The monoisotopic (exact) mass is 429 g/mol. The number of likely N-dealkylation sites (tertiary alicyclic amines) is 1. The molecule has 0 aromatic heterocycles. The minimum absolute atomic E-state index is 0.149. The van der Waals surface area contributed by atoms with E-state index in [1.54, 1.807) is 0 Å². The molecule has 1 N–H and O–H groups in total. The molecule has 9 heteroatoms. The summed E-state index contributed by atoms with van der Waals surface area (Å²) in [6.07, 6.45) is 4.65. The van der Waals surface area contributed by atoms with Crippen LogP contribution in [-0.2, 0) is 14.8 Å². The Labute approximate surface area is 172 Å². The van der Waals surface area contributed by atoms with Crippen LogP contribution in [0.25, 0.3) is 0 Å². The molecule has 0 bridgehead atoms. The third-order valence-corrected chi connectivity index (χ3v) is 7.49. The number of rotatable bonds is 6. The van der Waals surface area contributed by atoms with E-state index in [4.69, 9.17) is 16.3 Å². The molecule has 0 spiro atoms. The quantitative estimate of drug-likeness (QED) is 0.749. The molecule has 2 aliphatic heterocycles. The number of hydrogen-bond acceptors (Lipinski definition) is 5. The van der Waals surface area contributed by atoms with Crippen molar-refractivity contribution in [2.75, 3.05) is 39.8 Å². The zero-order valence-electron chi connectivity index (χ0n) is 16.2. The molecule has 2 heterocycles. The molecule has 0 unspecified atom stereocenters. The van der Waals surface area contributed by atoms with Crippen LogP contribution in [0.2, 0.25) is 5.02 Å². The summed E-state index contributed by atoms with van der Waals surface area (Å²) in [4.78, 5) is 14.5. The second kappa shape index (κ2) is 9.43. The van der Waals surface area contributed by atoms with E-state index in [2.05, 4.69) is 17.3 Å². The van der Waals surface area contributed by atoms with Gasteiger partial charge in [-0.2, -0.15) is 4.31 Å². The smallest absolute Gasteiger partial charge is 0.258 e. The minimum Gasteiger partial charge on any atom is -0.482 e. The third-order valence-electron chi connectivity index (χ3n) is 5.30. The zero-order chi connectivity index (χ0) is 20.1. The average molecular weight is 430 g/mol. The van der Waals surface area contributed by atoms with Gasteiger partial charge in [0, 0.05) is 19.1 Å². The number of carbonyl (C=O) groups is 1. The molecule has 7 nitrogen and oxygen atoms in total. The van der Waals surface area contributed by atoms with Crippen molar-refractivity contribution in [2.45, 2.75) is 43.0 Å². The summed E-state index contributed by atoms with van der Waals surface area (Å²) in [6, 6.07) is 4.57. The van der Waals surface area contributed by atoms with Crippen LogP contribution >= 0.6 is 11.6 Å². The average Bonchev–Trinajstić information content (AvgIpc) is 2.69. The van der Waals surface area contributed by atoms with E-state index in [0.717, 1.165) is 45.2 Å². The Morgan fingerprint density at radius 2 is 1.86 bits per heavy atom. The lowest BCUT2D eigenvalue weighted by Gasteiger charge is -2.29. The number of piperidine rings is 2. The highest BCUT2D eigenvalue weighted by molar-refractivity contribution is 7.89. The number of nitrogens with one attached hydrogen (secondary N) is 1. The number of hydrogen-bond donors (Lipinski definition) is 1. The molecular formula is C19H28ClN3O4S. The van der Waals surface area contributed by atoms with Gasteiger partial charge >= 0.3 is 0 Å². The number of carbonyl (C=O) groups excluding carboxylic acids is 1. The predicted octanol–water partition coefficient (Wildman–Crippen LogP) is 2.10. The lowest BCUT2D eigenvalue weighted by molar-refractivity contribution is -0.124. The lowest BCUT2D eigenvalue weighted by Crippen LogP contribution is -2.44. The SMILES string of the molecule is CN1CCC(NC(=O)COc2ccc(S(=O)(=O)N3CCCCC3)cc2Cl)CC1. The maximum absolute atomic E-state index is 12.7. The Bertz CT molecular complexity index is 788. The molecule has 28 heavy (non-hydrogen) atoms. The van der Waals surface area contributed by atoms with Gasteiger partial charge in [-0.25, -0.2) is 8.42 Å². The Balaban J connectivity index is 1.56. The van der Waals surface area contributed by atoms with E-state index in [1.807, 2.05) is 0 Å². The topological polar surface area (TPSA) is 79.0 Å². The molecule has 0 radical (unpaired) electrons. The van der Waals surface area contributed by atoms with Crippen molar-refractivity contribution in [1.29, 1.82) is 0 Å². The van der Waals surface area contributed by atoms with Crippen molar-refractivity contribution in [1.82, 2.24) is 14.5 Å². The number of nitrogens with zero attached hydrogens (tertiary/aromatic N) is 2. The van der Waals surface area contributed by atoms with Crippen molar-refractivity contribution < 1.29 is 17.9 Å². The molecule has 156 valence electrons. The number of benzene rings is 1. The Morgan fingerprint density at radius 3 is 2.50 bits per heavy atom. The fourth-order valence-corrected chi connectivity index (χ4v) is 5.42. The van der Waals surface area contributed by atoms with Crippen LogP contribution in [0.4, 0.5) is 0 Å². The highest BCUT2D eigenvalue weighted by Gasteiger charge is 2.26. The highest BCUT2D eigenvalue weighted by atomic mass is 35.5. The number of halogens is 1. The van der Waals surface area contributed by atoms with E-state index in [0.29, 0.717) is 18.8 Å². The number of amides is 1. The molecule has 2 aliphatic rings. The Morgan fingerprint density at radius 1 is 1.18 bits per heavy atom. The second-order valence-electron chi connectivity index (χ2n) is 7.49. The van der Waals surface area contributed by atoms with Crippen molar-refractivity contribution in [3.63, 3.8) is 0 Å². The van der Waals surface area contributed by atoms with Gasteiger partial charge in [0.05, 0.1) is 9.92 Å². The van der Waals surface area contributed by atoms with Gasteiger partial charge in [0.15, 0.2) is 6.61 Å².